The van der Waals surface area contributed by atoms with Gasteiger partial charge in [-0.1, -0.05) is 29.0 Å². The maximum absolute atomic E-state index is 12.6. The highest BCUT2D eigenvalue weighted by molar-refractivity contribution is 8.01. The number of anilines is 2. The summed E-state index contributed by atoms with van der Waals surface area (Å²) < 4.78 is 0.805. The first-order chi connectivity index (χ1) is 13.8. The first-order valence-electron chi connectivity index (χ1n) is 8.18. The fourth-order valence-electron chi connectivity index (χ4n) is 2.23. The summed E-state index contributed by atoms with van der Waals surface area (Å²) in [5.74, 6) is -0.979. The molecule has 150 valence electrons. The van der Waals surface area contributed by atoms with Gasteiger partial charge in [-0.05, 0) is 36.6 Å². The van der Waals surface area contributed by atoms with Gasteiger partial charge in [-0.25, -0.2) is 4.98 Å². The van der Waals surface area contributed by atoms with E-state index in [0.29, 0.717) is 32.0 Å². The van der Waals surface area contributed by atoms with Crippen LogP contribution in [0.5, 0.6) is 0 Å². The van der Waals surface area contributed by atoms with Crippen LogP contribution in [0.4, 0.5) is 10.8 Å². The third-order valence-electron chi connectivity index (χ3n) is 3.54. The monoisotopic (exact) mass is 466 g/mol. The lowest BCUT2D eigenvalue weighted by molar-refractivity contribution is -0.115. The molecule has 3 rings (SSSR count). The third-order valence-corrected chi connectivity index (χ3v) is 7.20. The van der Waals surface area contributed by atoms with Crippen LogP contribution in [0.15, 0.2) is 39.9 Å². The minimum absolute atomic E-state index is 0.140. The number of primary amides is 1. The van der Waals surface area contributed by atoms with E-state index in [1.54, 1.807) is 36.6 Å². The van der Waals surface area contributed by atoms with Crippen LogP contribution in [0.25, 0.3) is 0 Å². The first kappa shape index (κ1) is 21.3. The van der Waals surface area contributed by atoms with Crippen LogP contribution in [0.3, 0.4) is 0 Å². The van der Waals surface area contributed by atoms with Crippen molar-refractivity contribution in [3.05, 3.63) is 56.9 Å². The average Bonchev–Trinajstić information content (AvgIpc) is 3.31. The van der Waals surface area contributed by atoms with Gasteiger partial charge in [0.05, 0.1) is 31.2 Å². The molecule has 0 unspecified atom stereocenters. The number of thiazole rings is 1. The summed E-state index contributed by atoms with van der Waals surface area (Å²) in [6.07, 6.45) is 0. The average molecular weight is 467 g/mol. The molecular weight excluding hydrogens is 452 g/mol. The highest BCUT2D eigenvalue weighted by atomic mass is 35.5. The second-order valence-corrected chi connectivity index (χ2v) is 9.33. The molecule has 2 aromatic heterocycles. The number of thiophene rings is 1. The Labute approximate surface area is 183 Å². The molecule has 3 aromatic rings. The number of hydrogen-bond donors (Lipinski definition) is 3. The van der Waals surface area contributed by atoms with Gasteiger partial charge < -0.3 is 11.1 Å². The van der Waals surface area contributed by atoms with Gasteiger partial charge in [0.2, 0.25) is 5.91 Å². The van der Waals surface area contributed by atoms with Gasteiger partial charge in [-0.15, -0.1) is 23.1 Å². The number of aromatic nitrogens is 1. The Morgan fingerprint density at radius 3 is 2.69 bits per heavy atom. The number of nitrogens with two attached hydrogens (primary N) is 1. The largest absolute Gasteiger partial charge is 0.369 e. The number of aryl methyl sites for hydroxylation is 1. The van der Waals surface area contributed by atoms with Gasteiger partial charge in [-0.3, -0.25) is 19.7 Å². The Bertz CT molecular complexity index is 1070. The Morgan fingerprint density at radius 2 is 2.00 bits per heavy atom. The molecule has 0 spiro atoms. The summed E-state index contributed by atoms with van der Waals surface area (Å²) in [6, 6.07) is 8.08. The fourth-order valence-corrected chi connectivity index (χ4v) is 4.89. The summed E-state index contributed by atoms with van der Waals surface area (Å²) in [6.45, 7) is 1.79. The highest BCUT2D eigenvalue weighted by Gasteiger charge is 2.16. The number of thioether (sulfide) groups is 1. The number of benzene rings is 1. The predicted octanol–water partition coefficient (Wildman–Crippen LogP) is 4.25. The number of carbonyl (C=O) groups is 3. The van der Waals surface area contributed by atoms with E-state index < -0.39 is 11.8 Å². The molecule has 0 fully saturated rings. The summed E-state index contributed by atoms with van der Waals surface area (Å²) >= 11 is 10.00. The number of halogens is 1. The van der Waals surface area contributed by atoms with E-state index in [-0.39, 0.29) is 11.7 Å². The van der Waals surface area contributed by atoms with Crippen molar-refractivity contribution in [1.82, 2.24) is 4.98 Å². The van der Waals surface area contributed by atoms with Crippen LogP contribution < -0.4 is 16.4 Å². The highest BCUT2D eigenvalue weighted by Crippen LogP contribution is 2.32. The number of rotatable bonds is 7. The first-order valence-corrected chi connectivity index (χ1v) is 11.2. The predicted molar refractivity (Wildman–Crippen MR) is 118 cm³/mol. The van der Waals surface area contributed by atoms with E-state index in [1.165, 1.54) is 40.5 Å². The van der Waals surface area contributed by atoms with E-state index in [1.807, 2.05) is 0 Å². The minimum Gasteiger partial charge on any atom is -0.369 e. The molecule has 0 aliphatic heterocycles. The van der Waals surface area contributed by atoms with Crippen molar-refractivity contribution >= 4 is 74.6 Å². The van der Waals surface area contributed by atoms with E-state index in [2.05, 4.69) is 15.6 Å². The van der Waals surface area contributed by atoms with Crippen LogP contribution in [-0.4, -0.2) is 28.5 Å². The molecule has 0 radical (unpaired) electrons. The molecule has 0 atom stereocenters. The molecule has 29 heavy (non-hydrogen) atoms. The molecule has 0 saturated heterocycles. The number of hydrogen-bond acceptors (Lipinski definition) is 7. The minimum atomic E-state index is -0.424. The lowest BCUT2D eigenvalue weighted by atomic mass is 10.2. The molecule has 0 bridgehead atoms. The number of nitrogens with one attached hydrogen (secondary N) is 2. The van der Waals surface area contributed by atoms with Gasteiger partial charge in [0, 0.05) is 5.56 Å². The molecule has 3 amide bonds. The van der Waals surface area contributed by atoms with Crippen molar-refractivity contribution in [1.29, 1.82) is 0 Å². The summed E-state index contributed by atoms with van der Waals surface area (Å²) in [5.41, 5.74) is 6.52. The Morgan fingerprint density at radius 1 is 1.21 bits per heavy atom. The summed E-state index contributed by atoms with van der Waals surface area (Å²) in [4.78, 5) is 40.6. The molecule has 0 aliphatic carbocycles. The number of nitrogens with zero attached hydrogens (tertiary/aromatic N) is 1. The SMILES string of the molecule is Cc1nc(NC(=O)c2ccc(Cl)c(NC(=O)c3cccs3)c2)sc1SCC(N)=O. The van der Waals surface area contributed by atoms with E-state index in [0.717, 1.165) is 4.21 Å². The van der Waals surface area contributed by atoms with Crippen molar-refractivity contribution in [3.63, 3.8) is 0 Å². The van der Waals surface area contributed by atoms with Crippen LogP contribution in [0, 0.1) is 6.92 Å². The molecule has 2 heterocycles. The molecule has 4 N–H and O–H groups in total. The van der Waals surface area contributed by atoms with Crippen molar-refractivity contribution in [2.24, 2.45) is 5.73 Å². The van der Waals surface area contributed by atoms with Crippen LogP contribution in [0.2, 0.25) is 5.02 Å². The second kappa shape index (κ2) is 9.40. The van der Waals surface area contributed by atoms with Gasteiger partial charge in [0.25, 0.3) is 11.8 Å². The van der Waals surface area contributed by atoms with Gasteiger partial charge in [0.1, 0.15) is 0 Å². The normalized spacial score (nSPS) is 10.6. The van der Waals surface area contributed by atoms with E-state index in [9.17, 15) is 14.4 Å². The molecular formula is C18H15ClN4O3S3. The second-order valence-electron chi connectivity index (χ2n) is 5.73. The molecule has 0 saturated carbocycles. The lowest BCUT2D eigenvalue weighted by Crippen LogP contribution is -2.14. The quantitative estimate of drug-likeness (QED) is 0.450. The molecule has 7 nitrogen and oxygen atoms in total. The summed E-state index contributed by atoms with van der Waals surface area (Å²) in [7, 11) is 0. The summed E-state index contributed by atoms with van der Waals surface area (Å²) in [5, 5.41) is 7.95. The van der Waals surface area contributed by atoms with Crippen molar-refractivity contribution in [3.8, 4) is 0 Å². The van der Waals surface area contributed by atoms with Crippen molar-refractivity contribution < 1.29 is 14.4 Å². The Balaban J connectivity index is 1.72. The van der Waals surface area contributed by atoms with Crippen LogP contribution in [0.1, 0.15) is 25.7 Å². The van der Waals surface area contributed by atoms with E-state index in [4.69, 9.17) is 17.3 Å². The maximum Gasteiger partial charge on any atom is 0.265 e. The topological polar surface area (TPSA) is 114 Å². The molecule has 11 heteroatoms. The zero-order valence-corrected chi connectivity index (χ0v) is 18.2. The molecule has 0 aliphatic rings. The van der Waals surface area contributed by atoms with Crippen molar-refractivity contribution in [2.45, 2.75) is 11.1 Å². The van der Waals surface area contributed by atoms with Crippen LogP contribution in [-0.2, 0) is 4.79 Å². The number of amides is 3. The van der Waals surface area contributed by atoms with Crippen LogP contribution >= 0.6 is 46.0 Å². The third kappa shape index (κ3) is 5.57. The standard InChI is InChI=1S/C18H15ClN4O3S3/c1-9-17(28-8-14(20)24)29-18(21-9)23-15(25)10-4-5-11(19)12(7-10)22-16(26)13-3-2-6-27-13/h2-7H,8H2,1H3,(H2,20,24)(H,22,26)(H,21,23,25). The lowest BCUT2D eigenvalue weighted by Gasteiger charge is -2.09. The Kier molecular flexibility index (Phi) is 6.91. The van der Waals surface area contributed by atoms with E-state index >= 15 is 0 Å². The zero-order valence-electron chi connectivity index (χ0n) is 15.0. The molecule has 1 aromatic carbocycles. The van der Waals surface area contributed by atoms with Gasteiger partial charge in [-0.2, -0.15) is 0 Å². The van der Waals surface area contributed by atoms with Gasteiger partial charge >= 0.3 is 0 Å². The van der Waals surface area contributed by atoms with Crippen molar-refractivity contribution in [2.75, 3.05) is 16.4 Å². The Hall–Kier alpha value is -2.40. The van der Waals surface area contributed by atoms with Gasteiger partial charge in [0.15, 0.2) is 5.13 Å². The zero-order chi connectivity index (χ0) is 21.0. The fraction of sp³-hybridized carbons (Fsp3) is 0.111. The maximum atomic E-state index is 12.6. The number of carbonyl (C=O) groups excluding carboxylic acids is 3. The smallest absolute Gasteiger partial charge is 0.265 e.